The van der Waals surface area contributed by atoms with E-state index in [9.17, 15) is 4.79 Å². The second kappa shape index (κ2) is 5.57. The third kappa shape index (κ3) is 2.49. The third-order valence-corrected chi connectivity index (χ3v) is 4.26. The summed E-state index contributed by atoms with van der Waals surface area (Å²) < 4.78 is 2.61. The first-order valence-corrected chi connectivity index (χ1v) is 7.30. The molecule has 1 aromatic heterocycles. The largest absolute Gasteiger partial charge is 0.384 e. The zero-order chi connectivity index (χ0) is 14.8. The lowest BCUT2D eigenvalue weighted by Crippen LogP contribution is -2.12. The Hall–Kier alpha value is -2.35. The first kappa shape index (κ1) is 13.6. The van der Waals surface area contributed by atoms with Crippen molar-refractivity contribution < 1.29 is 5.11 Å². The standard InChI is InChI=1S/C17H13NO2S/c1-12-8-9-13(5-4-10-19)15(11-12)18-17(20)14-6-2-3-7-16(14)21-18/h2-3,6-9,11,19H,10H2,1H3. The number of aryl methyl sites for hydroxylation is 1. The summed E-state index contributed by atoms with van der Waals surface area (Å²) in [6, 6.07) is 13.3. The molecule has 0 aliphatic heterocycles. The van der Waals surface area contributed by atoms with Crippen LogP contribution in [-0.2, 0) is 0 Å². The van der Waals surface area contributed by atoms with Crippen molar-refractivity contribution >= 4 is 21.6 Å². The van der Waals surface area contributed by atoms with Gasteiger partial charge in [-0.15, -0.1) is 0 Å². The highest BCUT2D eigenvalue weighted by Crippen LogP contribution is 2.22. The van der Waals surface area contributed by atoms with Crippen LogP contribution in [0.5, 0.6) is 0 Å². The highest BCUT2D eigenvalue weighted by Gasteiger charge is 2.11. The summed E-state index contributed by atoms with van der Waals surface area (Å²) in [6.45, 7) is 1.78. The fraction of sp³-hybridized carbons (Fsp3) is 0.118. The van der Waals surface area contributed by atoms with E-state index in [0.29, 0.717) is 5.39 Å². The van der Waals surface area contributed by atoms with Crippen molar-refractivity contribution in [3.8, 4) is 17.5 Å². The first-order valence-electron chi connectivity index (χ1n) is 6.52. The van der Waals surface area contributed by atoms with Crippen LogP contribution in [0.3, 0.4) is 0 Å². The van der Waals surface area contributed by atoms with Crippen molar-refractivity contribution in [1.29, 1.82) is 0 Å². The van der Waals surface area contributed by atoms with Crippen molar-refractivity contribution in [1.82, 2.24) is 3.96 Å². The molecule has 0 aliphatic carbocycles. The van der Waals surface area contributed by atoms with Gasteiger partial charge in [0.1, 0.15) is 6.61 Å². The van der Waals surface area contributed by atoms with Crippen molar-refractivity contribution in [2.24, 2.45) is 0 Å². The molecule has 0 bridgehead atoms. The molecule has 0 unspecified atom stereocenters. The molecule has 0 aliphatic rings. The van der Waals surface area contributed by atoms with Gasteiger partial charge in [-0.05, 0) is 36.8 Å². The SMILES string of the molecule is Cc1ccc(C#CCO)c(-n2sc3ccccc3c2=O)c1. The Morgan fingerprint density at radius 2 is 2.05 bits per heavy atom. The van der Waals surface area contributed by atoms with Crippen LogP contribution in [0.4, 0.5) is 0 Å². The predicted octanol–water partition coefficient (Wildman–Crippen LogP) is 2.70. The third-order valence-electron chi connectivity index (χ3n) is 3.17. The number of aromatic nitrogens is 1. The summed E-state index contributed by atoms with van der Waals surface area (Å²) in [5.41, 5.74) is 2.53. The molecule has 3 rings (SSSR count). The number of hydrogen-bond acceptors (Lipinski definition) is 3. The number of benzene rings is 2. The van der Waals surface area contributed by atoms with Crippen molar-refractivity contribution in [3.63, 3.8) is 0 Å². The van der Waals surface area contributed by atoms with Crippen LogP contribution >= 0.6 is 11.5 Å². The van der Waals surface area contributed by atoms with Crippen LogP contribution in [0, 0.1) is 18.8 Å². The fourth-order valence-electron chi connectivity index (χ4n) is 2.18. The van der Waals surface area contributed by atoms with E-state index >= 15 is 0 Å². The lowest BCUT2D eigenvalue weighted by Gasteiger charge is -2.05. The fourth-order valence-corrected chi connectivity index (χ4v) is 3.20. The zero-order valence-corrected chi connectivity index (χ0v) is 12.3. The van der Waals surface area contributed by atoms with Crippen molar-refractivity contribution in [3.05, 3.63) is 63.9 Å². The lowest BCUT2D eigenvalue weighted by atomic mass is 10.1. The summed E-state index contributed by atoms with van der Waals surface area (Å²) in [6.07, 6.45) is 0. The van der Waals surface area contributed by atoms with Gasteiger partial charge in [0.05, 0.1) is 15.8 Å². The normalized spacial score (nSPS) is 10.4. The molecule has 3 nitrogen and oxygen atoms in total. The van der Waals surface area contributed by atoms with Crippen LogP contribution in [0.15, 0.2) is 47.3 Å². The smallest absolute Gasteiger partial charge is 0.273 e. The molecule has 0 radical (unpaired) electrons. The Bertz CT molecular complexity index is 925. The van der Waals surface area contributed by atoms with Crippen molar-refractivity contribution in [2.45, 2.75) is 6.92 Å². The van der Waals surface area contributed by atoms with Crippen molar-refractivity contribution in [2.75, 3.05) is 6.61 Å². The van der Waals surface area contributed by atoms with Gasteiger partial charge in [0.25, 0.3) is 5.56 Å². The molecule has 4 heteroatoms. The van der Waals surface area contributed by atoms with Crippen LogP contribution in [0.1, 0.15) is 11.1 Å². The number of fused-ring (bicyclic) bond motifs is 1. The van der Waals surface area contributed by atoms with Gasteiger partial charge in [0, 0.05) is 5.56 Å². The van der Waals surface area contributed by atoms with E-state index in [1.165, 1.54) is 11.5 Å². The minimum atomic E-state index is -0.200. The Morgan fingerprint density at radius 1 is 1.24 bits per heavy atom. The highest BCUT2D eigenvalue weighted by molar-refractivity contribution is 7.14. The van der Waals surface area contributed by atoms with Gasteiger partial charge in [-0.3, -0.25) is 4.79 Å². The monoisotopic (exact) mass is 295 g/mol. The summed E-state index contributed by atoms with van der Waals surface area (Å²) in [7, 11) is 0. The van der Waals surface area contributed by atoms with Crippen LogP contribution in [-0.4, -0.2) is 15.7 Å². The van der Waals surface area contributed by atoms with E-state index in [1.807, 2.05) is 49.4 Å². The van der Waals surface area contributed by atoms with E-state index < -0.39 is 0 Å². The molecule has 0 atom stereocenters. The second-order valence-corrected chi connectivity index (χ2v) is 5.66. The number of aliphatic hydroxyl groups is 1. The predicted molar refractivity (Wildman–Crippen MR) is 86.1 cm³/mol. The zero-order valence-electron chi connectivity index (χ0n) is 11.5. The molecule has 0 spiro atoms. The molecule has 104 valence electrons. The average molecular weight is 295 g/mol. The molecule has 2 aromatic carbocycles. The second-order valence-electron chi connectivity index (χ2n) is 4.67. The Morgan fingerprint density at radius 3 is 2.81 bits per heavy atom. The van der Waals surface area contributed by atoms with E-state index in [-0.39, 0.29) is 12.2 Å². The lowest BCUT2D eigenvalue weighted by molar-refractivity contribution is 0.350. The highest BCUT2D eigenvalue weighted by atomic mass is 32.1. The minimum Gasteiger partial charge on any atom is -0.384 e. The summed E-state index contributed by atoms with van der Waals surface area (Å²) >= 11 is 1.41. The van der Waals surface area contributed by atoms with Gasteiger partial charge in [-0.1, -0.05) is 41.6 Å². The Balaban J connectivity index is 2.29. The number of nitrogens with zero attached hydrogens (tertiary/aromatic N) is 1. The van der Waals surface area contributed by atoms with Gasteiger partial charge >= 0.3 is 0 Å². The molecule has 3 aromatic rings. The minimum absolute atomic E-state index is 0.0340. The maximum Gasteiger partial charge on any atom is 0.273 e. The van der Waals surface area contributed by atoms with Gasteiger partial charge in [-0.25, -0.2) is 3.96 Å². The molecule has 1 heterocycles. The number of rotatable bonds is 1. The number of aliphatic hydroxyl groups excluding tert-OH is 1. The molecule has 0 fully saturated rings. The number of hydrogen-bond donors (Lipinski definition) is 1. The molecule has 0 saturated heterocycles. The maximum atomic E-state index is 12.5. The van der Waals surface area contributed by atoms with Crippen LogP contribution < -0.4 is 5.56 Å². The summed E-state index contributed by atoms with van der Waals surface area (Å²) in [4.78, 5) is 12.5. The van der Waals surface area contributed by atoms with E-state index in [1.54, 1.807) is 3.96 Å². The first-order chi connectivity index (χ1) is 10.2. The average Bonchev–Trinajstić information content (AvgIpc) is 2.83. The molecular formula is C17H13NO2S. The van der Waals surface area contributed by atoms with Gasteiger partial charge < -0.3 is 5.11 Å². The van der Waals surface area contributed by atoms with Crippen LogP contribution in [0.2, 0.25) is 0 Å². The van der Waals surface area contributed by atoms with Gasteiger partial charge in [-0.2, -0.15) is 0 Å². The van der Waals surface area contributed by atoms with Gasteiger partial charge in [0.2, 0.25) is 0 Å². The topological polar surface area (TPSA) is 42.2 Å². The Kier molecular flexibility index (Phi) is 3.61. The van der Waals surface area contributed by atoms with E-state index in [2.05, 4.69) is 11.8 Å². The maximum absolute atomic E-state index is 12.5. The van der Waals surface area contributed by atoms with Crippen LogP contribution in [0.25, 0.3) is 15.8 Å². The molecule has 0 amide bonds. The van der Waals surface area contributed by atoms with E-state index in [0.717, 1.165) is 21.5 Å². The Labute approximate surface area is 126 Å². The summed E-state index contributed by atoms with van der Waals surface area (Å²) in [5, 5.41) is 9.59. The summed E-state index contributed by atoms with van der Waals surface area (Å²) in [5.74, 6) is 5.55. The van der Waals surface area contributed by atoms with Gasteiger partial charge in [0.15, 0.2) is 0 Å². The molecule has 0 saturated carbocycles. The molecular weight excluding hydrogens is 282 g/mol. The molecule has 1 N–H and O–H groups in total. The molecule has 21 heavy (non-hydrogen) atoms. The van der Waals surface area contributed by atoms with E-state index in [4.69, 9.17) is 5.11 Å². The quantitative estimate of drug-likeness (QED) is 0.701.